The van der Waals surface area contributed by atoms with Gasteiger partial charge in [0.1, 0.15) is 4.90 Å². The van der Waals surface area contributed by atoms with Gasteiger partial charge in [0.15, 0.2) is 0 Å². The Bertz CT molecular complexity index is 724. The van der Waals surface area contributed by atoms with E-state index in [9.17, 15) is 8.42 Å². The zero-order valence-electron chi connectivity index (χ0n) is 11.6. The Kier molecular flexibility index (Phi) is 5.33. The Morgan fingerprint density at radius 2 is 1.86 bits per heavy atom. The molecule has 0 bridgehead atoms. The third-order valence-electron chi connectivity index (χ3n) is 3.10. The molecule has 0 unspecified atom stereocenters. The molecule has 2 aromatic rings. The van der Waals surface area contributed by atoms with Crippen LogP contribution < -0.4 is 0 Å². The van der Waals surface area contributed by atoms with Crippen LogP contribution in [0.5, 0.6) is 0 Å². The Labute approximate surface area is 139 Å². The zero-order chi connectivity index (χ0) is 15.6. The number of benzene rings is 1. The van der Waals surface area contributed by atoms with Crippen LogP contribution in [0.15, 0.2) is 34.5 Å². The van der Waals surface area contributed by atoms with Crippen LogP contribution in [0.25, 0.3) is 0 Å². The van der Waals surface area contributed by atoms with Crippen molar-refractivity contribution in [3.63, 3.8) is 0 Å². The molecule has 3 nitrogen and oxygen atoms in total. The lowest BCUT2D eigenvalue weighted by Crippen LogP contribution is -2.27. The van der Waals surface area contributed by atoms with E-state index < -0.39 is 10.0 Å². The molecule has 1 aromatic carbocycles. The molecule has 0 aliphatic rings. The van der Waals surface area contributed by atoms with Crippen LogP contribution in [-0.2, 0) is 22.4 Å². The molecule has 21 heavy (non-hydrogen) atoms. The molecule has 0 fully saturated rings. The maximum atomic E-state index is 12.7. The lowest BCUT2D eigenvalue weighted by atomic mass is 10.2. The normalized spacial score (nSPS) is 12.0. The van der Waals surface area contributed by atoms with Crippen LogP contribution >= 0.6 is 34.5 Å². The van der Waals surface area contributed by atoms with Crippen molar-refractivity contribution in [1.29, 1.82) is 0 Å². The highest BCUT2D eigenvalue weighted by atomic mass is 35.5. The fraction of sp³-hybridized carbons (Fsp3) is 0.286. The van der Waals surface area contributed by atoms with E-state index in [-0.39, 0.29) is 12.4 Å². The van der Waals surface area contributed by atoms with E-state index >= 15 is 0 Å². The second-order valence-electron chi connectivity index (χ2n) is 4.69. The van der Waals surface area contributed by atoms with Gasteiger partial charge in [-0.2, -0.15) is 4.31 Å². The first-order valence-corrected chi connectivity index (χ1v) is 9.43. The number of aryl methyl sites for hydroxylation is 1. The van der Waals surface area contributed by atoms with Crippen molar-refractivity contribution < 1.29 is 8.42 Å². The predicted octanol–water partition coefficient (Wildman–Crippen LogP) is 4.27. The first kappa shape index (κ1) is 16.8. The fourth-order valence-corrected chi connectivity index (χ4v) is 5.30. The summed E-state index contributed by atoms with van der Waals surface area (Å²) in [5, 5.41) is 2.45. The summed E-state index contributed by atoms with van der Waals surface area (Å²) in [5.74, 6) is 0.196. The standard InChI is InChI=1S/C14H15Cl2NO2S2/c1-10-9-20-13(7-15)14(10)21(18,19)17(2)8-11-3-5-12(16)6-4-11/h3-6,9H,7-8H2,1-2H3. The predicted molar refractivity (Wildman–Crippen MR) is 88.7 cm³/mol. The molecule has 1 aromatic heterocycles. The summed E-state index contributed by atoms with van der Waals surface area (Å²) < 4.78 is 26.8. The first-order valence-electron chi connectivity index (χ1n) is 6.20. The van der Waals surface area contributed by atoms with Crippen molar-refractivity contribution in [3.05, 3.63) is 50.7 Å². The summed E-state index contributed by atoms with van der Waals surface area (Å²) in [6.45, 7) is 2.08. The maximum Gasteiger partial charge on any atom is 0.244 e. The number of alkyl halides is 1. The third-order valence-corrected chi connectivity index (χ3v) is 7.04. The van der Waals surface area contributed by atoms with Gasteiger partial charge in [0.25, 0.3) is 0 Å². The monoisotopic (exact) mass is 363 g/mol. The smallest absolute Gasteiger partial charge is 0.207 e. The van der Waals surface area contributed by atoms with Gasteiger partial charge in [0.2, 0.25) is 10.0 Å². The van der Waals surface area contributed by atoms with Gasteiger partial charge in [0.05, 0.1) is 5.88 Å². The summed E-state index contributed by atoms with van der Waals surface area (Å²) in [6, 6.07) is 7.13. The van der Waals surface area contributed by atoms with Gasteiger partial charge in [-0.1, -0.05) is 23.7 Å². The number of thiophene rings is 1. The Hall–Kier alpha value is -0.590. The highest BCUT2D eigenvalue weighted by Gasteiger charge is 2.27. The molecule has 0 N–H and O–H groups in total. The van der Waals surface area contributed by atoms with Crippen molar-refractivity contribution in [2.75, 3.05) is 7.05 Å². The fourth-order valence-electron chi connectivity index (χ4n) is 2.01. The summed E-state index contributed by atoms with van der Waals surface area (Å²) in [7, 11) is -1.98. The molecule has 0 saturated carbocycles. The van der Waals surface area contributed by atoms with Gasteiger partial charge in [0, 0.05) is 23.5 Å². The average molecular weight is 364 g/mol. The lowest BCUT2D eigenvalue weighted by Gasteiger charge is -2.18. The molecule has 0 atom stereocenters. The van der Waals surface area contributed by atoms with E-state index in [1.165, 1.54) is 15.6 Å². The summed E-state index contributed by atoms with van der Waals surface area (Å²) in [4.78, 5) is 1.01. The van der Waals surface area contributed by atoms with E-state index in [0.717, 1.165) is 11.1 Å². The number of rotatable bonds is 5. The van der Waals surface area contributed by atoms with Crippen LogP contribution in [-0.4, -0.2) is 19.8 Å². The molecule has 0 radical (unpaired) electrons. The van der Waals surface area contributed by atoms with Crippen molar-refractivity contribution in [2.24, 2.45) is 0 Å². The summed E-state index contributed by atoms with van der Waals surface area (Å²) >= 11 is 13.1. The van der Waals surface area contributed by atoms with E-state index in [1.54, 1.807) is 26.1 Å². The molecule has 0 aliphatic carbocycles. The van der Waals surface area contributed by atoms with Crippen LogP contribution in [0, 0.1) is 6.92 Å². The molecular weight excluding hydrogens is 349 g/mol. The molecule has 7 heteroatoms. The summed E-state index contributed by atoms with van der Waals surface area (Å²) in [5.41, 5.74) is 1.62. The molecular formula is C14H15Cl2NO2S2. The molecule has 0 amide bonds. The van der Waals surface area contributed by atoms with Gasteiger partial charge in [-0.3, -0.25) is 0 Å². The van der Waals surface area contributed by atoms with E-state index in [4.69, 9.17) is 23.2 Å². The highest BCUT2D eigenvalue weighted by molar-refractivity contribution is 7.89. The number of sulfonamides is 1. The Morgan fingerprint density at radius 1 is 1.24 bits per heavy atom. The quantitative estimate of drug-likeness (QED) is 0.743. The Morgan fingerprint density at radius 3 is 2.43 bits per heavy atom. The van der Waals surface area contributed by atoms with Gasteiger partial charge >= 0.3 is 0 Å². The molecule has 0 saturated heterocycles. The second-order valence-corrected chi connectivity index (χ2v) is 8.34. The van der Waals surface area contributed by atoms with Crippen molar-refractivity contribution >= 4 is 44.6 Å². The SMILES string of the molecule is Cc1csc(CCl)c1S(=O)(=O)N(C)Cc1ccc(Cl)cc1. The van der Waals surface area contributed by atoms with Crippen molar-refractivity contribution in [3.8, 4) is 0 Å². The van der Waals surface area contributed by atoms with Gasteiger partial charge in [-0.25, -0.2) is 8.42 Å². The maximum absolute atomic E-state index is 12.7. The lowest BCUT2D eigenvalue weighted by molar-refractivity contribution is 0.466. The van der Waals surface area contributed by atoms with Gasteiger partial charge in [-0.15, -0.1) is 22.9 Å². The number of hydrogen-bond donors (Lipinski definition) is 0. The topological polar surface area (TPSA) is 37.4 Å². The largest absolute Gasteiger partial charge is 0.244 e. The molecule has 2 rings (SSSR count). The number of nitrogens with zero attached hydrogens (tertiary/aromatic N) is 1. The van der Waals surface area contributed by atoms with Gasteiger partial charge < -0.3 is 0 Å². The average Bonchev–Trinajstić information content (AvgIpc) is 2.83. The minimum absolute atomic E-state index is 0.196. The van der Waals surface area contributed by atoms with Crippen LogP contribution in [0.2, 0.25) is 5.02 Å². The highest BCUT2D eigenvalue weighted by Crippen LogP contribution is 2.30. The van der Waals surface area contributed by atoms with E-state index in [2.05, 4.69) is 0 Å². The van der Waals surface area contributed by atoms with Crippen molar-refractivity contribution in [2.45, 2.75) is 24.2 Å². The number of halogens is 2. The van der Waals surface area contributed by atoms with E-state index in [0.29, 0.717) is 14.8 Å². The third kappa shape index (κ3) is 3.60. The first-order chi connectivity index (χ1) is 9.86. The van der Waals surface area contributed by atoms with Crippen molar-refractivity contribution in [1.82, 2.24) is 4.31 Å². The zero-order valence-corrected chi connectivity index (χ0v) is 14.8. The van der Waals surface area contributed by atoms with Crippen LogP contribution in [0.1, 0.15) is 16.0 Å². The molecule has 0 spiro atoms. The summed E-state index contributed by atoms with van der Waals surface area (Å²) in [6.07, 6.45) is 0. The van der Waals surface area contributed by atoms with E-state index in [1.807, 2.05) is 17.5 Å². The molecule has 0 aliphatic heterocycles. The van der Waals surface area contributed by atoms with Gasteiger partial charge in [-0.05, 0) is 35.6 Å². The Balaban J connectivity index is 2.30. The minimum atomic E-state index is -3.55. The molecule has 1 heterocycles. The number of hydrogen-bond acceptors (Lipinski definition) is 3. The molecule has 114 valence electrons. The second kappa shape index (κ2) is 6.67. The van der Waals surface area contributed by atoms with Crippen LogP contribution in [0.3, 0.4) is 0 Å². The minimum Gasteiger partial charge on any atom is -0.207 e. The van der Waals surface area contributed by atoms with Crippen LogP contribution in [0.4, 0.5) is 0 Å².